The normalized spacial score (nSPS) is 10.1. The van der Waals surface area contributed by atoms with E-state index in [4.69, 9.17) is 9.15 Å². The highest BCUT2D eigenvalue weighted by molar-refractivity contribution is 5.47. The van der Waals surface area contributed by atoms with E-state index in [-0.39, 0.29) is 0 Å². The molecule has 0 radical (unpaired) electrons. The average molecular weight is 219 g/mol. The molecule has 0 unspecified atom stereocenters. The number of nitrogens with one attached hydrogen (secondary N) is 1. The zero-order chi connectivity index (χ0) is 11.4. The highest BCUT2D eigenvalue weighted by Crippen LogP contribution is 2.20. The van der Waals surface area contributed by atoms with Crippen LogP contribution in [0.25, 0.3) is 0 Å². The molecule has 0 bridgehead atoms. The van der Waals surface area contributed by atoms with Crippen LogP contribution < -0.4 is 10.1 Å². The van der Waals surface area contributed by atoms with Crippen molar-refractivity contribution in [2.75, 3.05) is 12.4 Å². The summed E-state index contributed by atoms with van der Waals surface area (Å²) in [7, 11) is 1.59. The minimum atomic E-state index is 0.588. The van der Waals surface area contributed by atoms with Gasteiger partial charge in [0, 0.05) is 12.1 Å². The number of nitrogens with zero attached hydrogens (tertiary/aromatic N) is 2. The van der Waals surface area contributed by atoms with Crippen LogP contribution in [0, 0.1) is 6.92 Å². The molecule has 16 heavy (non-hydrogen) atoms. The molecule has 84 valence electrons. The van der Waals surface area contributed by atoms with Gasteiger partial charge in [-0.2, -0.15) is 0 Å². The van der Waals surface area contributed by atoms with E-state index in [9.17, 15) is 0 Å². The van der Waals surface area contributed by atoms with Gasteiger partial charge in [0.25, 0.3) is 0 Å². The van der Waals surface area contributed by atoms with Crippen molar-refractivity contribution in [1.82, 2.24) is 9.97 Å². The molecule has 0 aromatic carbocycles. The lowest BCUT2D eigenvalue weighted by Gasteiger charge is -2.09. The second-order valence-corrected chi connectivity index (χ2v) is 3.34. The Morgan fingerprint density at radius 1 is 1.44 bits per heavy atom. The van der Waals surface area contributed by atoms with Crippen molar-refractivity contribution in [2.45, 2.75) is 13.5 Å². The summed E-state index contributed by atoms with van der Waals surface area (Å²) >= 11 is 0. The van der Waals surface area contributed by atoms with E-state index in [1.54, 1.807) is 19.6 Å². The van der Waals surface area contributed by atoms with Crippen molar-refractivity contribution in [3.63, 3.8) is 0 Å². The summed E-state index contributed by atoms with van der Waals surface area (Å²) in [5, 5.41) is 3.20. The molecule has 0 amide bonds. The summed E-state index contributed by atoms with van der Waals surface area (Å²) in [6.07, 6.45) is 4.81. The van der Waals surface area contributed by atoms with Gasteiger partial charge in [-0.25, -0.2) is 9.97 Å². The van der Waals surface area contributed by atoms with Gasteiger partial charge in [0.1, 0.15) is 12.1 Å². The monoisotopic (exact) mass is 219 g/mol. The first-order valence-electron chi connectivity index (χ1n) is 4.92. The largest absolute Gasteiger partial charge is 0.481 e. The Morgan fingerprint density at radius 3 is 3.00 bits per heavy atom. The van der Waals surface area contributed by atoms with Crippen molar-refractivity contribution in [1.29, 1.82) is 0 Å². The first kappa shape index (κ1) is 10.5. The molecule has 5 nitrogen and oxygen atoms in total. The summed E-state index contributed by atoms with van der Waals surface area (Å²) in [6, 6.07) is 1.90. The van der Waals surface area contributed by atoms with Crippen molar-refractivity contribution in [2.24, 2.45) is 0 Å². The summed E-state index contributed by atoms with van der Waals surface area (Å²) in [5.74, 6) is 1.36. The van der Waals surface area contributed by atoms with Crippen molar-refractivity contribution in [3.05, 3.63) is 36.0 Å². The molecule has 0 saturated heterocycles. The Kier molecular flexibility index (Phi) is 3.05. The average Bonchev–Trinajstić information content (AvgIpc) is 2.81. The summed E-state index contributed by atoms with van der Waals surface area (Å²) in [4.78, 5) is 8.16. The van der Waals surface area contributed by atoms with Gasteiger partial charge in [-0.3, -0.25) is 0 Å². The third-order valence-corrected chi connectivity index (χ3v) is 2.27. The number of aromatic nitrogens is 2. The summed E-state index contributed by atoms with van der Waals surface area (Å²) in [6.45, 7) is 2.58. The van der Waals surface area contributed by atoms with Gasteiger partial charge in [-0.1, -0.05) is 0 Å². The summed E-state index contributed by atoms with van der Waals surface area (Å²) in [5.41, 5.74) is 1.96. The maximum absolute atomic E-state index is 5.11. The lowest BCUT2D eigenvalue weighted by molar-refractivity contribution is 0.393. The van der Waals surface area contributed by atoms with Crippen LogP contribution in [-0.4, -0.2) is 17.1 Å². The third kappa shape index (κ3) is 2.13. The first-order valence-corrected chi connectivity index (χ1v) is 4.92. The number of anilines is 1. The van der Waals surface area contributed by atoms with Gasteiger partial charge in [0.15, 0.2) is 0 Å². The minimum absolute atomic E-state index is 0.588. The topological polar surface area (TPSA) is 60.2 Å². The highest BCUT2D eigenvalue weighted by atomic mass is 16.5. The molecule has 2 rings (SSSR count). The highest BCUT2D eigenvalue weighted by Gasteiger charge is 2.06. The molecule has 2 heterocycles. The number of hydrogen-bond acceptors (Lipinski definition) is 5. The zero-order valence-corrected chi connectivity index (χ0v) is 9.23. The van der Waals surface area contributed by atoms with Crippen LogP contribution in [0.15, 0.2) is 29.3 Å². The van der Waals surface area contributed by atoms with Crippen molar-refractivity contribution in [3.8, 4) is 5.88 Å². The Hall–Kier alpha value is -2.04. The smallest absolute Gasteiger partial charge is 0.221 e. The lowest BCUT2D eigenvalue weighted by Crippen LogP contribution is -2.04. The maximum Gasteiger partial charge on any atom is 0.221 e. The fourth-order valence-electron chi connectivity index (χ4n) is 1.40. The van der Waals surface area contributed by atoms with E-state index in [1.807, 2.05) is 13.0 Å². The fourth-order valence-corrected chi connectivity index (χ4v) is 1.40. The second-order valence-electron chi connectivity index (χ2n) is 3.34. The standard InChI is InChI=1S/C11H13N3O2/c1-8-10(13-7-14-11(8)15-2)12-5-9-3-4-16-6-9/h3-4,6-7H,5H2,1-2H3,(H,12,13,14). The summed E-state index contributed by atoms with van der Waals surface area (Å²) < 4.78 is 10.1. The van der Waals surface area contributed by atoms with Crippen LogP contribution in [0.3, 0.4) is 0 Å². The molecule has 0 aliphatic carbocycles. The van der Waals surface area contributed by atoms with E-state index in [0.717, 1.165) is 16.9 Å². The van der Waals surface area contributed by atoms with Gasteiger partial charge in [-0.05, 0) is 13.0 Å². The van der Waals surface area contributed by atoms with Gasteiger partial charge in [-0.15, -0.1) is 0 Å². The minimum Gasteiger partial charge on any atom is -0.481 e. The SMILES string of the molecule is COc1ncnc(NCc2ccoc2)c1C. The van der Waals surface area contributed by atoms with Crippen LogP contribution in [-0.2, 0) is 6.54 Å². The molecule has 0 fully saturated rings. The van der Waals surface area contributed by atoms with Gasteiger partial charge in [0.2, 0.25) is 5.88 Å². The van der Waals surface area contributed by atoms with Crippen molar-refractivity contribution >= 4 is 5.82 Å². The molecule has 0 aliphatic rings. The molecule has 2 aromatic heterocycles. The third-order valence-electron chi connectivity index (χ3n) is 2.27. The predicted octanol–water partition coefficient (Wildman–Crippen LogP) is 2.00. The molecular formula is C11H13N3O2. The molecule has 0 aliphatic heterocycles. The molecule has 0 spiro atoms. The lowest BCUT2D eigenvalue weighted by atomic mass is 10.3. The van der Waals surface area contributed by atoms with Crippen LogP contribution in [0.5, 0.6) is 5.88 Å². The van der Waals surface area contributed by atoms with Crippen LogP contribution >= 0.6 is 0 Å². The van der Waals surface area contributed by atoms with E-state index >= 15 is 0 Å². The number of methoxy groups -OCH3 is 1. The number of furan rings is 1. The van der Waals surface area contributed by atoms with Crippen LogP contribution in [0.4, 0.5) is 5.82 Å². The Bertz CT molecular complexity index is 454. The molecule has 0 atom stereocenters. The van der Waals surface area contributed by atoms with E-state index in [0.29, 0.717) is 12.4 Å². The molecule has 2 aromatic rings. The zero-order valence-electron chi connectivity index (χ0n) is 9.23. The van der Waals surface area contributed by atoms with Gasteiger partial charge >= 0.3 is 0 Å². The Labute approximate surface area is 93.5 Å². The van der Waals surface area contributed by atoms with Crippen LogP contribution in [0.1, 0.15) is 11.1 Å². The van der Waals surface area contributed by atoms with Crippen molar-refractivity contribution < 1.29 is 9.15 Å². The number of rotatable bonds is 4. The fraction of sp³-hybridized carbons (Fsp3) is 0.273. The number of hydrogen-bond donors (Lipinski definition) is 1. The first-order chi connectivity index (χ1) is 7.81. The second kappa shape index (κ2) is 4.65. The molecule has 0 saturated carbocycles. The Morgan fingerprint density at radius 2 is 2.31 bits per heavy atom. The molecule has 5 heteroatoms. The Balaban J connectivity index is 2.09. The molecule has 1 N–H and O–H groups in total. The predicted molar refractivity (Wildman–Crippen MR) is 59.4 cm³/mol. The molecular weight excluding hydrogens is 206 g/mol. The van der Waals surface area contributed by atoms with E-state index in [1.165, 1.54) is 6.33 Å². The maximum atomic E-state index is 5.11. The van der Waals surface area contributed by atoms with Crippen LogP contribution in [0.2, 0.25) is 0 Å². The van der Waals surface area contributed by atoms with E-state index in [2.05, 4.69) is 15.3 Å². The number of ether oxygens (including phenoxy) is 1. The quantitative estimate of drug-likeness (QED) is 0.852. The van der Waals surface area contributed by atoms with Gasteiger partial charge < -0.3 is 14.5 Å². The van der Waals surface area contributed by atoms with E-state index < -0.39 is 0 Å². The van der Waals surface area contributed by atoms with Gasteiger partial charge in [0.05, 0.1) is 25.2 Å².